The predicted octanol–water partition coefficient (Wildman–Crippen LogP) is 7.14. The molecule has 0 saturated heterocycles. The van der Waals surface area contributed by atoms with Gasteiger partial charge in [-0.25, -0.2) is 8.78 Å². The molecule has 0 fully saturated rings. The fourth-order valence-corrected chi connectivity index (χ4v) is 5.73. The van der Waals surface area contributed by atoms with Crippen molar-refractivity contribution >= 4 is 22.7 Å². The number of halogens is 2. The second-order valence-electron chi connectivity index (χ2n) is 11.4. The number of aromatic nitrogens is 2. The molecule has 0 radical (unpaired) electrons. The lowest BCUT2D eigenvalue weighted by atomic mass is 9.94. The van der Waals surface area contributed by atoms with Crippen molar-refractivity contribution in [2.45, 2.75) is 32.4 Å². The molecule has 9 heteroatoms. The van der Waals surface area contributed by atoms with Crippen LogP contribution in [0.5, 0.6) is 5.75 Å². The lowest BCUT2D eigenvalue weighted by molar-refractivity contribution is -0.121. The molecule has 6 rings (SSSR count). The first kappa shape index (κ1) is 31.2. The van der Waals surface area contributed by atoms with Gasteiger partial charge in [0, 0.05) is 40.5 Å². The van der Waals surface area contributed by atoms with E-state index in [4.69, 9.17) is 10.5 Å². The van der Waals surface area contributed by atoms with Crippen molar-refractivity contribution in [3.05, 3.63) is 155 Å². The Balaban J connectivity index is 1.30. The average Bonchev–Trinajstić information content (AvgIpc) is 3.43. The van der Waals surface area contributed by atoms with Crippen LogP contribution in [0.15, 0.2) is 109 Å². The summed E-state index contributed by atoms with van der Waals surface area (Å²) in [4.78, 5) is 33.5. The molecule has 0 bridgehead atoms. The summed E-state index contributed by atoms with van der Waals surface area (Å²) in [5.74, 6) is -1.63. The van der Waals surface area contributed by atoms with Gasteiger partial charge < -0.3 is 20.8 Å². The number of aryl methyl sites for hydroxylation is 1. The number of fused-ring (bicyclic) bond motifs is 1. The van der Waals surface area contributed by atoms with E-state index in [2.05, 4.69) is 15.3 Å². The molecule has 0 aliphatic rings. The molecule has 4 aromatic carbocycles. The first-order chi connectivity index (χ1) is 22.7. The van der Waals surface area contributed by atoms with Gasteiger partial charge in [0.2, 0.25) is 11.8 Å². The zero-order chi connectivity index (χ0) is 32.9. The van der Waals surface area contributed by atoms with Gasteiger partial charge >= 0.3 is 0 Å². The third-order valence-corrected chi connectivity index (χ3v) is 7.98. The van der Waals surface area contributed by atoms with Crippen molar-refractivity contribution < 1.29 is 23.1 Å². The number of H-pyrrole nitrogens is 1. The van der Waals surface area contributed by atoms with Gasteiger partial charge in [-0.05, 0) is 83.6 Å². The van der Waals surface area contributed by atoms with Crippen LogP contribution in [0.25, 0.3) is 22.0 Å². The fourth-order valence-electron chi connectivity index (χ4n) is 5.73. The van der Waals surface area contributed by atoms with Gasteiger partial charge in [0.05, 0.1) is 18.2 Å². The highest BCUT2D eigenvalue weighted by Crippen LogP contribution is 2.31. The van der Waals surface area contributed by atoms with Crippen molar-refractivity contribution in [2.24, 2.45) is 5.73 Å². The largest absolute Gasteiger partial charge is 0.489 e. The molecule has 0 unspecified atom stereocenters. The van der Waals surface area contributed by atoms with Crippen LogP contribution in [0.4, 0.5) is 8.78 Å². The molecule has 2 heterocycles. The van der Waals surface area contributed by atoms with Crippen molar-refractivity contribution in [2.75, 3.05) is 0 Å². The SMILES string of the molecule is Cc1cc2[nH]cc(CC(=O)N[C@@H](Cc3cc(F)cc(F)c3)c3ncccc3-c3cccc(C(N)=O)c3)c2cc1OCc1ccccc1. The van der Waals surface area contributed by atoms with E-state index in [1.807, 2.05) is 55.5 Å². The van der Waals surface area contributed by atoms with E-state index in [1.54, 1.807) is 42.7 Å². The van der Waals surface area contributed by atoms with Crippen LogP contribution in [0, 0.1) is 18.6 Å². The van der Waals surface area contributed by atoms with E-state index >= 15 is 0 Å². The van der Waals surface area contributed by atoms with Crippen molar-refractivity contribution in [1.29, 1.82) is 0 Å². The second-order valence-corrected chi connectivity index (χ2v) is 11.4. The van der Waals surface area contributed by atoms with Crippen molar-refractivity contribution in [3.63, 3.8) is 0 Å². The summed E-state index contributed by atoms with van der Waals surface area (Å²) in [6.45, 7) is 2.38. The summed E-state index contributed by atoms with van der Waals surface area (Å²) in [5, 5.41) is 3.91. The number of aromatic amines is 1. The summed E-state index contributed by atoms with van der Waals surface area (Å²) >= 11 is 0. The van der Waals surface area contributed by atoms with E-state index in [1.165, 1.54) is 12.1 Å². The molecule has 0 spiro atoms. The smallest absolute Gasteiger partial charge is 0.248 e. The van der Waals surface area contributed by atoms with E-state index in [0.717, 1.165) is 33.7 Å². The Bertz CT molecular complexity index is 2060. The standard InChI is InChI=1S/C38H32F2N4O3/c1-23-13-33-32(20-35(23)47-22-24-7-3-2-4-8-24)28(21-43-33)18-36(45)44-34(16-25-14-29(39)19-30(40)15-25)37-31(11-6-12-42-37)26-9-5-10-27(17-26)38(41)46/h2-15,17,19-21,34,43H,16,18,22H2,1H3,(H2,41,46)(H,44,45)/t34-/m0/s1. The van der Waals surface area contributed by atoms with E-state index in [0.29, 0.717) is 40.3 Å². The molecule has 2 aromatic heterocycles. The quantitative estimate of drug-likeness (QED) is 0.141. The minimum atomic E-state index is -0.769. The zero-order valence-electron chi connectivity index (χ0n) is 25.6. The summed E-state index contributed by atoms with van der Waals surface area (Å²) in [6.07, 6.45) is 3.46. The highest BCUT2D eigenvalue weighted by atomic mass is 19.1. The molecule has 4 N–H and O–H groups in total. The number of carbonyl (C=O) groups excluding carboxylic acids is 2. The van der Waals surface area contributed by atoms with Crippen LogP contribution in [-0.2, 0) is 24.2 Å². The number of hydrogen-bond acceptors (Lipinski definition) is 4. The lowest BCUT2D eigenvalue weighted by Gasteiger charge is -2.22. The number of carbonyl (C=O) groups is 2. The van der Waals surface area contributed by atoms with Crippen molar-refractivity contribution in [1.82, 2.24) is 15.3 Å². The first-order valence-electron chi connectivity index (χ1n) is 15.1. The normalized spacial score (nSPS) is 11.7. The minimum Gasteiger partial charge on any atom is -0.489 e. The van der Waals surface area contributed by atoms with Crippen LogP contribution in [-0.4, -0.2) is 21.8 Å². The molecule has 1 atom stereocenters. The number of nitrogens with one attached hydrogen (secondary N) is 2. The molecule has 236 valence electrons. The molecule has 7 nitrogen and oxygen atoms in total. The third kappa shape index (κ3) is 7.36. The number of hydrogen-bond donors (Lipinski definition) is 3. The summed E-state index contributed by atoms with van der Waals surface area (Å²) in [6, 6.07) is 26.6. The number of primary amides is 1. The Kier molecular flexibility index (Phi) is 9.06. The molecule has 0 aliphatic carbocycles. The van der Waals surface area contributed by atoms with Gasteiger partial charge in [-0.3, -0.25) is 14.6 Å². The van der Waals surface area contributed by atoms with Crippen LogP contribution >= 0.6 is 0 Å². The van der Waals surface area contributed by atoms with Crippen LogP contribution in [0.1, 0.15) is 44.3 Å². The topological polar surface area (TPSA) is 110 Å². The molecule has 2 amide bonds. The van der Waals surface area contributed by atoms with E-state index in [-0.39, 0.29) is 18.7 Å². The van der Waals surface area contributed by atoms with Gasteiger partial charge in [0.1, 0.15) is 24.0 Å². The van der Waals surface area contributed by atoms with Crippen LogP contribution in [0.3, 0.4) is 0 Å². The van der Waals surface area contributed by atoms with Gasteiger partial charge in [-0.2, -0.15) is 0 Å². The number of rotatable bonds is 11. The number of nitrogens with two attached hydrogens (primary N) is 1. The molecular formula is C38H32F2N4O3. The molecule has 0 saturated carbocycles. The Morgan fingerprint density at radius 3 is 2.47 bits per heavy atom. The maximum absolute atomic E-state index is 14.2. The number of benzene rings is 4. The third-order valence-electron chi connectivity index (χ3n) is 7.98. The maximum Gasteiger partial charge on any atom is 0.248 e. The van der Waals surface area contributed by atoms with Crippen molar-refractivity contribution in [3.8, 4) is 16.9 Å². The Morgan fingerprint density at radius 2 is 1.70 bits per heavy atom. The van der Waals surface area contributed by atoms with Crippen LogP contribution in [0.2, 0.25) is 0 Å². The van der Waals surface area contributed by atoms with Gasteiger partial charge in [-0.15, -0.1) is 0 Å². The summed E-state index contributed by atoms with van der Waals surface area (Å²) in [5.41, 5.74) is 11.6. The molecule has 0 aliphatic heterocycles. The number of pyridine rings is 1. The maximum atomic E-state index is 14.2. The second kappa shape index (κ2) is 13.7. The summed E-state index contributed by atoms with van der Waals surface area (Å²) < 4.78 is 34.6. The van der Waals surface area contributed by atoms with Crippen LogP contribution < -0.4 is 15.8 Å². The highest BCUT2D eigenvalue weighted by Gasteiger charge is 2.23. The fraction of sp³-hybridized carbons (Fsp3) is 0.132. The van der Waals surface area contributed by atoms with Gasteiger partial charge in [0.15, 0.2) is 0 Å². The van der Waals surface area contributed by atoms with E-state index in [9.17, 15) is 18.4 Å². The van der Waals surface area contributed by atoms with E-state index < -0.39 is 23.6 Å². The lowest BCUT2D eigenvalue weighted by Crippen LogP contribution is -2.32. The molecular weight excluding hydrogens is 598 g/mol. The average molecular weight is 631 g/mol. The molecule has 47 heavy (non-hydrogen) atoms. The Labute approximate surface area is 270 Å². The Hall–Kier alpha value is -5.83. The number of amides is 2. The number of nitrogens with zero attached hydrogens (tertiary/aromatic N) is 1. The highest BCUT2D eigenvalue weighted by molar-refractivity contribution is 5.94. The minimum absolute atomic E-state index is 0.0223. The molecule has 6 aromatic rings. The first-order valence-corrected chi connectivity index (χ1v) is 15.1. The Morgan fingerprint density at radius 1 is 0.915 bits per heavy atom. The van der Waals surface area contributed by atoms with Gasteiger partial charge in [0.25, 0.3) is 0 Å². The van der Waals surface area contributed by atoms with Gasteiger partial charge in [-0.1, -0.05) is 48.5 Å². The summed E-state index contributed by atoms with van der Waals surface area (Å²) in [7, 11) is 0. The zero-order valence-corrected chi connectivity index (χ0v) is 25.6. The monoisotopic (exact) mass is 630 g/mol. The number of ether oxygens (including phenoxy) is 1. The predicted molar refractivity (Wildman–Crippen MR) is 177 cm³/mol.